The second kappa shape index (κ2) is 12.9. The molecule has 0 unspecified atom stereocenters. The third kappa shape index (κ3) is 5.32. The molecule has 55 heavy (non-hydrogen) atoms. The predicted octanol–water partition coefficient (Wildman–Crippen LogP) is 15.1. The number of anilines is 3. The van der Waals surface area contributed by atoms with Crippen molar-refractivity contribution >= 4 is 81.1 Å². The molecule has 0 aliphatic rings. The highest BCUT2D eigenvalue weighted by Crippen LogP contribution is 2.43. The van der Waals surface area contributed by atoms with Gasteiger partial charge in [0, 0.05) is 53.7 Å². The lowest BCUT2D eigenvalue weighted by Gasteiger charge is -2.26. The van der Waals surface area contributed by atoms with E-state index in [1.165, 1.54) is 75.0 Å². The zero-order valence-electron chi connectivity index (χ0n) is 29.9. The average Bonchev–Trinajstić information content (AvgIpc) is 3.80. The van der Waals surface area contributed by atoms with Crippen LogP contribution in [0, 0.1) is 0 Å². The minimum atomic E-state index is 1.11. The summed E-state index contributed by atoms with van der Waals surface area (Å²) < 4.78 is 5.03. The third-order valence-electron chi connectivity index (χ3n) is 11.0. The summed E-state index contributed by atoms with van der Waals surface area (Å²) in [6.07, 6.45) is 0. The highest BCUT2D eigenvalue weighted by atomic mass is 32.1. The van der Waals surface area contributed by atoms with Crippen LogP contribution >= 0.6 is 11.3 Å². The summed E-state index contributed by atoms with van der Waals surface area (Å²) in [5.41, 5.74) is 11.7. The fourth-order valence-corrected chi connectivity index (χ4v) is 9.47. The first kappa shape index (κ1) is 31.6. The number of benzene rings is 9. The zero-order valence-corrected chi connectivity index (χ0v) is 30.7. The van der Waals surface area contributed by atoms with E-state index in [0.717, 1.165) is 22.7 Å². The first-order valence-corrected chi connectivity index (χ1v) is 19.6. The van der Waals surface area contributed by atoms with Gasteiger partial charge in [-0.25, -0.2) is 0 Å². The van der Waals surface area contributed by atoms with E-state index in [1.807, 2.05) is 11.3 Å². The molecule has 258 valence electrons. The Balaban J connectivity index is 1.06. The van der Waals surface area contributed by atoms with Gasteiger partial charge < -0.3 is 9.47 Å². The molecular formula is C52H34N2S. The number of fused-ring (bicyclic) bond motifs is 8. The van der Waals surface area contributed by atoms with Gasteiger partial charge in [-0.3, -0.25) is 0 Å². The van der Waals surface area contributed by atoms with Crippen LogP contribution < -0.4 is 4.90 Å². The number of hydrogen-bond donors (Lipinski definition) is 0. The molecule has 11 aromatic rings. The van der Waals surface area contributed by atoms with Gasteiger partial charge in [0.25, 0.3) is 0 Å². The highest BCUT2D eigenvalue weighted by Gasteiger charge is 2.18. The Bertz CT molecular complexity index is 3190. The van der Waals surface area contributed by atoms with Gasteiger partial charge in [0.05, 0.1) is 11.0 Å². The molecule has 9 aromatic carbocycles. The quantitative estimate of drug-likeness (QED) is 0.166. The Hall–Kier alpha value is -6.94. The smallest absolute Gasteiger partial charge is 0.0547 e. The molecule has 2 aromatic heterocycles. The third-order valence-corrected chi connectivity index (χ3v) is 12.1. The molecular weight excluding hydrogens is 685 g/mol. The van der Waals surface area contributed by atoms with Crippen molar-refractivity contribution in [2.24, 2.45) is 0 Å². The normalized spacial score (nSPS) is 11.6. The number of para-hydroxylation sites is 1. The minimum absolute atomic E-state index is 1.11. The van der Waals surface area contributed by atoms with E-state index in [9.17, 15) is 0 Å². The van der Waals surface area contributed by atoms with Crippen molar-refractivity contribution in [1.82, 2.24) is 4.57 Å². The monoisotopic (exact) mass is 718 g/mol. The number of thiophene rings is 1. The van der Waals surface area contributed by atoms with E-state index >= 15 is 0 Å². The van der Waals surface area contributed by atoms with Crippen LogP contribution in [0.15, 0.2) is 206 Å². The summed E-state index contributed by atoms with van der Waals surface area (Å²) in [4.78, 5) is 2.39. The number of rotatable bonds is 6. The van der Waals surface area contributed by atoms with Gasteiger partial charge in [-0.05, 0) is 106 Å². The molecule has 0 bridgehead atoms. The van der Waals surface area contributed by atoms with Crippen molar-refractivity contribution in [2.75, 3.05) is 4.90 Å². The van der Waals surface area contributed by atoms with E-state index in [0.29, 0.717) is 0 Å². The first-order chi connectivity index (χ1) is 27.3. The molecule has 2 nitrogen and oxygen atoms in total. The summed E-state index contributed by atoms with van der Waals surface area (Å²) in [5.74, 6) is 0. The van der Waals surface area contributed by atoms with Crippen molar-refractivity contribution in [3.63, 3.8) is 0 Å². The van der Waals surface area contributed by atoms with Crippen LogP contribution in [0.4, 0.5) is 17.1 Å². The lowest BCUT2D eigenvalue weighted by atomic mass is 10.0. The van der Waals surface area contributed by atoms with Crippen LogP contribution in [0.25, 0.3) is 80.7 Å². The summed E-state index contributed by atoms with van der Waals surface area (Å²) >= 11 is 1.85. The summed E-state index contributed by atoms with van der Waals surface area (Å²) in [5, 5.41) is 7.68. The largest absolute Gasteiger partial charge is 0.310 e. The van der Waals surface area contributed by atoms with E-state index in [2.05, 4.69) is 216 Å². The van der Waals surface area contributed by atoms with Gasteiger partial charge >= 0.3 is 0 Å². The lowest BCUT2D eigenvalue weighted by molar-refractivity contribution is 1.18. The van der Waals surface area contributed by atoms with Crippen molar-refractivity contribution < 1.29 is 0 Å². The first-order valence-electron chi connectivity index (χ1n) is 18.8. The molecule has 11 rings (SSSR count). The maximum atomic E-state index is 2.42. The summed E-state index contributed by atoms with van der Waals surface area (Å²) in [6, 6.07) is 75.2. The van der Waals surface area contributed by atoms with E-state index in [1.54, 1.807) is 0 Å². The van der Waals surface area contributed by atoms with Gasteiger partial charge in [-0.2, -0.15) is 0 Å². The molecule has 0 aliphatic carbocycles. The molecule has 0 aliphatic heterocycles. The Morgan fingerprint density at radius 2 is 0.982 bits per heavy atom. The summed E-state index contributed by atoms with van der Waals surface area (Å²) in [7, 11) is 0. The molecule has 0 saturated carbocycles. The van der Waals surface area contributed by atoms with Crippen LogP contribution in [-0.2, 0) is 0 Å². The average molecular weight is 719 g/mol. The van der Waals surface area contributed by atoms with Gasteiger partial charge in [0.1, 0.15) is 0 Å². The SMILES string of the molecule is c1ccc(-c2cccc(N(c3ccc(-c4ccc5c6c7ccccc7ccc6n(-c6ccccc6)c5c4)cc3)c3ccc4sc5ccccc5c4c3)c2)cc1. The van der Waals surface area contributed by atoms with Gasteiger partial charge in [0.2, 0.25) is 0 Å². The maximum Gasteiger partial charge on any atom is 0.0547 e. The Labute approximate surface area is 323 Å². The highest BCUT2D eigenvalue weighted by molar-refractivity contribution is 7.25. The van der Waals surface area contributed by atoms with Gasteiger partial charge in [-0.1, -0.05) is 133 Å². The molecule has 0 spiro atoms. The minimum Gasteiger partial charge on any atom is -0.310 e. The zero-order chi connectivity index (χ0) is 36.3. The van der Waals surface area contributed by atoms with Gasteiger partial charge in [0.15, 0.2) is 0 Å². The topological polar surface area (TPSA) is 8.17 Å². The number of aromatic nitrogens is 1. The second-order valence-electron chi connectivity index (χ2n) is 14.2. The van der Waals surface area contributed by atoms with Crippen molar-refractivity contribution in [1.29, 1.82) is 0 Å². The fourth-order valence-electron chi connectivity index (χ4n) is 8.38. The van der Waals surface area contributed by atoms with Crippen molar-refractivity contribution in [3.05, 3.63) is 206 Å². The maximum absolute atomic E-state index is 2.42. The lowest BCUT2D eigenvalue weighted by Crippen LogP contribution is -2.10. The molecule has 0 atom stereocenters. The van der Waals surface area contributed by atoms with Crippen molar-refractivity contribution in [2.45, 2.75) is 0 Å². The van der Waals surface area contributed by atoms with E-state index in [4.69, 9.17) is 0 Å². The molecule has 3 heteroatoms. The Kier molecular flexibility index (Phi) is 7.39. The fraction of sp³-hybridized carbons (Fsp3) is 0. The van der Waals surface area contributed by atoms with Crippen LogP contribution in [0.1, 0.15) is 0 Å². The van der Waals surface area contributed by atoms with E-state index < -0.39 is 0 Å². The van der Waals surface area contributed by atoms with Crippen molar-refractivity contribution in [3.8, 4) is 27.9 Å². The van der Waals surface area contributed by atoms with Gasteiger partial charge in [-0.15, -0.1) is 11.3 Å². The number of hydrogen-bond acceptors (Lipinski definition) is 2. The molecule has 0 radical (unpaired) electrons. The number of nitrogens with zero attached hydrogens (tertiary/aromatic N) is 2. The summed E-state index contributed by atoms with van der Waals surface area (Å²) in [6.45, 7) is 0. The standard InChI is InChI=1S/C52H34N2S/c1-3-12-35(13-4-1)38-15-11-18-42(32-38)53(43-28-31-51-47(34-43)45-20-9-10-21-50(45)55-51)41-26-22-36(23-27-41)39-24-29-46-49(33-39)54(40-16-5-2-6-17-40)48-30-25-37-14-7-8-19-44(37)52(46)48/h1-34H. The Morgan fingerprint density at radius 1 is 0.345 bits per heavy atom. The Morgan fingerprint density at radius 3 is 1.84 bits per heavy atom. The predicted molar refractivity (Wildman–Crippen MR) is 237 cm³/mol. The van der Waals surface area contributed by atoms with Crippen LogP contribution in [0.2, 0.25) is 0 Å². The van der Waals surface area contributed by atoms with Crippen LogP contribution in [0.3, 0.4) is 0 Å². The van der Waals surface area contributed by atoms with Crippen LogP contribution in [0.5, 0.6) is 0 Å². The van der Waals surface area contributed by atoms with E-state index in [-0.39, 0.29) is 0 Å². The molecule has 0 saturated heterocycles. The molecule has 0 amide bonds. The van der Waals surface area contributed by atoms with Crippen LogP contribution in [-0.4, -0.2) is 4.57 Å². The molecule has 0 N–H and O–H groups in total. The molecule has 0 fully saturated rings. The second-order valence-corrected chi connectivity index (χ2v) is 15.2. The molecule has 2 heterocycles.